The Morgan fingerprint density at radius 3 is 2.31 bits per heavy atom. The number of nitrogens with zero attached hydrogens (tertiary/aromatic N) is 1. The molecule has 0 radical (unpaired) electrons. The van der Waals surface area contributed by atoms with Gasteiger partial charge in [-0.2, -0.15) is 0 Å². The lowest BCUT2D eigenvalue weighted by Crippen LogP contribution is -2.29. The minimum atomic E-state index is -0.389. The molecule has 0 saturated heterocycles. The Bertz CT molecular complexity index is 2650. The Hall–Kier alpha value is -5.96. The lowest BCUT2D eigenvalue weighted by molar-refractivity contribution is 0.731. The molecule has 1 atom stereocenters. The van der Waals surface area contributed by atoms with Gasteiger partial charge in [0.1, 0.15) is 0 Å². The highest BCUT2D eigenvalue weighted by Gasteiger charge is 2.47. The SMILES string of the molecule is C=C1/C=C\C=C/N(c2ccc3c(c2)C(C2=CC=CC2)(c2ccccc2)c2ccccc2-3)/C=C(C)\C(c2ccc3sc4ccccc4c3c2C)=C/C1=C. The van der Waals surface area contributed by atoms with Crippen LogP contribution in [0.4, 0.5) is 5.69 Å². The van der Waals surface area contributed by atoms with Gasteiger partial charge in [-0.15, -0.1) is 11.3 Å². The number of rotatable bonds is 4. The van der Waals surface area contributed by atoms with Gasteiger partial charge < -0.3 is 4.90 Å². The van der Waals surface area contributed by atoms with Crippen LogP contribution in [0.2, 0.25) is 0 Å². The van der Waals surface area contributed by atoms with E-state index in [0.717, 1.165) is 34.4 Å². The molecule has 9 rings (SSSR count). The molecule has 1 aliphatic heterocycles. The molecule has 0 fully saturated rings. The van der Waals surface area contributed by atoms with Crippen molar-refractivity contribution in [2.24, 2.45) is 0 Å². The largest absolute Gasteiger partial charge is 0.324 e. The molecule has 2 aliphatic carbocycles. The number of benzene rings is 5. The van der Waals surface area contributed by atoms with Gasteiger partial charge in [-0.05, 0) is 123 Å². The summed E-state index contributed by atoms with van der Waals surface area (Å²) in [5, 5.41) is 2.64. The van der Waals surface area contributed by atoms with Crippen molar-refractivity contribution in [2.75, 3.05) is 4.90 Å². The number of fused-ring (bicyclic) bond motifs is 6. The highest BCUT2D eigenvalue weighted by atomic mass is 32.1. The van der Waals surface area contributed by atoms with Gasteiger partial charge in [-0.3, -0.25) is 0 Å². The predicted octanol–water partition coefficient (Wildman–Crippen LogP) is 13.6. The van der Waals surface area contributed by atoms with Crippen LogP contribution in [0.15, 0.2) is 200 Å². The first-order chi connectivity index (χ1) is 25.4. The highest BCUT2D eigenvalue weighted by molar-refractivity contribution is 7.25. The topological polar surface area (TPSA) is 3.24 Å². The van der Waals surface area contributed by atoms with Gasteiger partial charge in [0.2, 0.25) is 0 Å². The summed E-state index contributed by atoms with van der Waals surface area (Å²) in [6.07, 6.45) is 20.6. The fourth-order valence-corrected chi connectivity index (χ4v) is 9.70. The van der Waals surface area contributed by atoms with Crippen LogP contribution >= 0.6 is 11.3 Å². The number of aryl methyl sites for hydroxylation is 1. The fraction of sp³-hybridized carbons (Fsp3) is 0.0800. The van der Waals surface area contributed by atoms with Crippen molar-refractivity contribution < 1.29 is 0 Å². The zero-order valence-corrected chi connectivity index (χ0v) is 30.4. The lowest BCUT2D eigenvalue weighted by atomic mass is 9.67. The van der Waals surface area contributed by atoms with Crippen molar-refractivity contribution in [3.05, 3.63) is 227 Å². The Kier molecular flexibility index (Phi) is 7.79. The van der Waals surface area contributed by atoms with Gasteiger partial charge in [0.15, 0.2) is 0 Å². The maximum Gasteiger partial charge on any atom is 0.0680 e. The molecule has 0 bridgehead atoms. The quantitative estimate of drug-likeness (QED) is 0.179. The van der Waals surface area contributed by atoms with Crippen molar-refractivity contribution in [3.63, 3.8) is 0 Å². The average Bonchev–Trinajstić information content (AvgIpc) is 3.91. The zero-order chi connectivity index (χ0) is 35.4. The Labute approximate surface area is 310 Å². The monoisotopic (exact) mass is 685 g/mol. The standard InChI is InChI=1S/C50H39NS/c1-33-16-14-15-29-51(32-35(3)44(30-34(33)2)40-27-28-48-49(36(40)4)43-22-11-13-24-47(43)52-48)39-25-26-42-41-21-10-12-23-45(41)50(46(42)31-39,38-19-8-9-20-38)37-17-6-5-7-18-37/h5-19,21-32H,1-2,20H2,3-4H3/b16-14-,29-15-,35-32-,44-30+. The van der Waals surface area contributed by atoms with Gasteiger partial charge in [-0.25, -0.2) is 0 Å². The number of hydrogen-bond acceptors (Lipinski definition) is 2. The summed E-state index contributed by atoms with van der Waals surface area (Å²) in [6.45, 7) is 13.3. The molecular formula is C50H39NS. The summed E-state index contributed by atoms with van der Waals surface area (Å²) in [7, 11) is 0. The molecule has 0 N–H and O–H groups in total. The second-order valence-corrected chi connectivity index (χ2v) is 15.0. The van der Waals surface area contributed by atoms with E-state index in [2.05, 4.69) is 190 Å². The van der Waals surface area contributed by atoms with E-state index in [-0.39, 0.29) is 5.41 Å². The van der Waals surface area contributed by atoms with E-state index in [1.165, 1.54) is 64.7 Å². The first-order valence-corrected chi connectivity index (χ1v) is 18.8. The van der Waals surface area contributed by atoms with Crippen molar-refractivity contribution in [3.8, 4) is 11.1 Å². The van der Waals surface area contributed by atoms with E-state index in [1.54, 1.807) is 0 Å². The van der Waals surface area contributed by atoms with E-state index in [1.807, 2.05) is 17.4 Å². The molecule has 6 aromatic rings. The van der Waals surface area contributed by atoms with Crippen LogP contribution in [-0.2, 0) is 5.41 Å². The maximum absolute atomic E-state index is 4.46. The Morgan fingerprint density at radius 1 is 0.692 bits per heavy atom. The van der Waals surface area contributed by atoms with Crippen molar-refractivity contribution in [2.45, 2.75) is 25.7 Å². The van der Waals surface area contributed by atoms with E-state index in [4.69, 9.17) is 0 Å². The van der Waals surface area contributed by atoms with Gasteiger partial charge in [0.05, 0.1) is 5.41 Å². The summed E-state index contributed by atoms with van der Waals surface area (Å²) < 4.78 is 2.63. The fourth-order valence-electron chi connectivity index (χ4n) is 8.54. The number of allylic oxidation sites excluding steroid dienone is 12. The van der Waals surface area contributed by atoms with E-state index in [9.17, 15) is 0 Å². The van der Waals surface area contributed by atoms with Crippen LogP contribution < -0.4 is 4.90 Å². The molecule has 2 heteroatoms. The van der Waals surface area contributed by atoms with Gasteiger partial charge >= 0.3 is 0 Å². The van der Waals surface area contributed by atoms with Crippen LogP contribution in [0.25, 0.3) is 36.9 Å². The van der Waals surface area contributed by atoms with Crippen molar-refractivity contribution >= 4 is 42.8 Å². The predicted molar refractivity (Wildman–Crippen MR) is 225 cm³/mol. The molecule has 0 saturated carbocycles. The third-order valence-electron chi connectivity index (χ3n) is 11.0. The van der Waals surface area contributed by atoms with Crippen molar-refractivity contribution in [1.82, 2.24) is 0 Å². The summed E-state index contributed by atoms with van der Waals surface area (Å²) in [5.74, 6) is 0. The van der Waals surface area contributed by atoms with Crippen LogP contribution in [-0.4, -0.2) is 0 Å². The van der Waals surface area contributed by atoms with Crippen LogP contribution in [0, 0.1) is 6.92 Å². The summed E-state index contributed by atoms with van der Waals surface area (Å²) in [6, 6.07) is 40.4. The minimum Gasteiger partial charge on any atom is -0.324 e. The molecule has 250 valence electrons. The van der Waals surface area contributed by atoms with E-state index in [0.29, 0.717) is 0 Å². The average molecular weight is 686 g/mol. The second-order valence-electron chi connectivity index (χ2n) is 14.0. The summed E-state index contributed by atoms with van der Waals surface area (Å²) in [5.41, 5.74) is 15.2. The van der Waals surface area contributed by atoms with E-state index < -0.39 is 0 Å². The first-order valence-electron chi connectivity index (χ1n) is 17.9. The number of hydrogen-bond donors (Lipinski definition) is 0. The summed E-state index contributed by atoms with van der Waals surface area (Å²) >= 11 is 1.86. The molecule has 1 nitrogen and oxygen atoms in total. The molecule has 1 aromatic heterocycles. The smallest absolute Gasteiger partial charge is 0.0680 e. The molecule has 0 amide bonds. The Morgan fingerprint density at radius 2 is 1.46 bits per heavy atom. The van der Waals surface area contributed by atoms with Gasteiger partial charge in [0.25, 0.3) is 0 Å². The third kappa shape index (κ3) is 4.98. The molecule has 2 heterocycles. The number of anilines is 1. The molecule has 52 heavy (non-hydrogen) atoms. The van der Waals surface area contributed by atoms with Crippen LogP contribution in [0.3, 0.4) is 0 Å². The molecule has 1 unspecified atom stereocenters. The maximum atomic E-state index is 4.46. The molecule has 0 spiro atoms. The van der Waals surface area contributed by atoms with Crippen LogP contribution in [0.1, 0.15) is 41.2 Å². The Balaban J connectivity index is 1.24. The second kappa shape index (κ2) is 12.7. The molecule has 5 aromatic carbocycles. The van der Waals surface area contributed by atoms with Crippen LogP contribution in [0.5, 0.6) is 0 Å². The zero-order valence-electron chi connectivity index (χ0n) is 29.6. The lowest BCUT2D eigenvalue weighted by Gasteiger charge is -2.35. The summed E-state index contributed by atoms with van der Waals surface area (Å²) in [4.78, 5) is 2.28. The normalized spacial score (nSPS) is 21.6. The minimum absolute atomic E-state index is 0.389. The van der Waals surface area contributed by atoms with E-state index >= 15 is 0 Å². The highest BCUT2D eigenvalue weighted by Crippen LogP contribution is 2.58. The number of thiophene rings is 1. The van der Waals surface area contributed by atoms with Crippen molar-refractivity contribution in [1.29, 1.82) is 0 Å². The molecular weight excluding hydrogens is 647 g/mol. The third-order valence-corrected chi connectivity index (χ3v) is 12.2. The molecule has 3 aliphatic rings. The van der Waals surface area contributed by atoms with Gasteiger partial charge in [-0.1, -0.05) is 128 Å². The van der Waals surface area contributed by atoms with Gasteiger partial charge in [0, 0.05) is 38.3 Å². The first kappa shape index (κ1) is 32.0.